The van der Waals surface area contributed by atoms with E-state index in [9.17, 15) is 0 Å². The van der Waals surface area contributed by atoms with E-state index in [1.54, 1.807) is 10.7 Å². The SMILES string of the molecule is Cc1cc(N2CCN(c3ncccc3Cl)CC2)n2ncnc2n1. The molecule has 0 spiro atoms. The smallest absolute Gasteiger partial charge is 0.254 e. The van der Waals surface area contributed by atoms with Gasteiger partial charge in [-0.15, -0.1) is 0 Å². The first kappa shape index (κ1) is 14.2. The van der Waals surface area contributed by atoms with Crippen molar-refractivity contribution in [2.24, 2.45) is 0 Å². The van der Waals surface area contributed by atoms with Crippen molar-refractivity contribution in [2.45, 2.75) is 6.92 Å². The van der Waals surface area contributed by atoms with Crippen LogP contribution in [-0.2, 0) is 0 Å². The van der Waals surface area contributed by atoms with E-state index in [1.165, 1.54) is 6.33 Å². The first-order valence-corrected chi connectivity index (χ1v) is 7.88. The molecular formula is C15H16ClN7. The molecule has 4 rings (SSSR count). The molecule has 0 aliphatic carbocycles. The number of halogens is 1. The molecule has 23 heavy (non-hydrogen) atoms. The van der Waals surface area contributed by atoms with Gasteiger partial charge in [0.15, 0.2) is 0 Å². The highest BCUT2D eigenvalue weighted by Gasteiger charge is 2.22. The Morgan fingerprint density at radius 3 is 2.65 bits per heavy atom. The number of hydrogen-bond donors (Lipinski definition) is 0. The lowest BCUT2D eigenvalue weighted by atomic mass is 10.3. The summed E-state index contributed by atoms with van der Waals surface area (Å²) in [6.45, 7) is 5.42. The maximum atomic E-state index is 6.25. The number of aryl methyl sites for hydroxylation is 1. The molecular weight excluding hydrogens is 314 g/mol. The lowest BCUT2D eigenvalue weighted by Crippen LogP contribution is -2.47. The van der Waals surface area contributed by atoms with Crippen LogP contribution in [0.1, 0.15) is 5.69 Å². The molecule has 1 aliphatic rings. The Labute approximate surface area is 138 Å². The lowest BCUT2D eigenvalue weighted by Gasteiger charge is -2.36. The second-order valence-electron chi connectivity index (χ2n) is 5.51. The van der Waals surface area contributed by atoms with Crippen LogP contribution in [0.2, 0.25) is 5.02 Å². The number of nitrogens with zero attached hydrogens (tertiary/aromatic N) is 7. The highest BCUT2D eigenvalue weighted by atomic mass is 35.5. The molecule has 0 unspecified atom stereocenters. The summed E-state index contributed by atoms with van der Waals surface area (Å²) in [5.41, 5.74) is 0.940. The number of anilines is 2. The highest BCUT2D eigenvalue weighted by molar-refractivity contribution is 6.32. The van der Waals surface area contributed by atoms with Crippen molar-refractivity contribution in [2.75, 3.05) is 36.0 Å². The van der Waals surface area contributed by atoms with Crippen molar-refractivity contribution in [3.8, 4) is 0 Å². The zero-order valence-electron chi connectivity index (χ0n) is 12.7. The topological polar surface area (TPSA) is 62.5 Å². The van der Waals surface area contributed by atoms with E-state index in [0.29, 0.717) is 10.8 Å². The molecule has 0 N–H and O–H groups in total. The molecule has 7 nitrogen and oxygen atoms in total. The summed E-state index contributed by atoms with van der Waals surface area (Å²) < 4.78 is 1.79. The van der Waals surface area contributed by atoms with Crippen LogP contribution in [0, 0.1) is 6.92 Å². The minimum absolute atomic E-state index is 0.634. The predicted molar refractivity (Wildman–Crippen MR) is 89.2 cm³/mol. The van der Waals surface area contributed by atoms with Gasteiger partial charge < -0.3 is 9.80 Å². The van der Waals surface area contributed by atoms with Gasteiger partial charge in [0.2, 0.25) is 0 Å². The summed E-state index contributed by atoms with van der Waals surface area (Å²) in [5, 5.41) is 4.97. The molecule has 118 valence electrons. The quantitative estimate of drug-likeness (QED) is 0.714. The van der Waals surface area contributed by atoms with Crippen LogP contribution in [-0.4, -0.2) is 50.7 Å². The number of hydrogen-bond acceptors (Lipinski definition) is 6. The Morgan fingerprint density at radius 2 is 1.87 bits per heavy atom. The van der Waals surface area contributed by atoms with Crippen molar-refractivity contribution < 1.29 is 0 Å². The standard InChI is InChI=1S/C15H16ClN7/c1-11-9-13(23-15(20-11)18-10-19-23)21-5-7-22(8-6-21)14-12(16)3-2-4-17-14/h2-4,9-10H,5-8H2,1H3. The van der Waals surface area contributed by atoms with Crippen LogP contribution >= 0.6 is 11.6 Å². The zero-order chi connectivity index (χ0) is 15.8. The molecule has 0 bridgehead atoms. The van der Waals surface area contributed by atoms with Gasteiger partial charge in [-0.25, -0.2) is 9.97 Å². The summed E-state index contributed by atoms with van der Waals surface area (Å²) in [6.07, 6.45) is 3.31. The first-order valence-electron chi connectivity index (χ1n) is 7.50. The summed E-state index contributed by atoms with van der Waals surface area (Å²) in [4.78, 5) is 17.5. The Morgan fingerprint density at radius 1 is 1.09 bits per heavy atom. The van der Waals surface area contributed by atoms with Crippen molar-refractivity contribution in [3.63, 3.8) is 0 Å². The first-order chi connectivity index (χ1) is 11.2. The number of aromatic nitrogens is 5. The van der Waals surface area contributed by atoms with Crippen LogP contribution in [0.15, 0.2) is 30.7 Å². The van der Waals surface area contributed by atoms with Gasteiger partial charge >= 0.3 is 0 Å². The van der Waals surface area contributed by atoms with E-state index in [2.05, 4.69) is 29.9 Å². The molecule has 0 saturated carbocycles. The van der Waals surface area contributed by atoms with Crippen molar-refractivity contribution in [1.82, 2.24) is 24.6 Å². The Balaban J connectivity index is 1.57. The van der Waals surface area contributed by atoms with Gasteiger partial charge in [-0.05, 0) is 19.1 Å². The summed E-state index contributed by atoms with van der Waals surface area (Å²) in [7, 11) is 0. The maximum absolute atomic E-state index is 6.25. The molecule has 1 fully saturated rings. The summed E-state index contributed by atoms with van der Waals surface area (Å²) in [5.74, 6) is 2.51. The second-order valence-corrected chi connectivity index (χ2v) is 5.92. The third-order valence-corrected chi connectivity index (χ3v) is 4.30. The molecule has 0 atom stereocenters. The van der Waals surface area contributed by atoms with Crippen molar-refractivity contribution in [3.05, 3.63) is 41.4 Å². The molecule has 1 saturated heterocycles. The summed E-state index contributed by atoms with van der Waals surface area (Å²) in [6, 6.07) is 5.77. The van der Waals surface area contributed by atoms with Gasteiger partial charge in [-0.2, -0.15) is 14.6 Å². The largest absolute Gasteiger partial charge is 0.353 e. The molecule has 3 aromatic rings. The van der Waals surface area contributed by atoms with Crippen molar-refractivity contribution in [1.29, 1.82) is 0 Å². The zero-order valence-corrected chi connectivity index (χ0v) is 13.5. The van der Waals surface area contributed by atoms with E-state index >= 15 is 0 Å². The van der Waals surface area contributed by atoms with Crippen LogP contribution < -0.4 is 9.80 Å². The van der Waals surface area contributed by atoms with Gasteiger partial charge in [-0.3, -0.25) is 0 Å². The predicted octanol–water partition coefficient (Wildman–Crippen LogP) is 1.81. The van der Waals surface area contributed by atoms with E-state index in [0.717, 1.165) is 43.5 Å². The van der Waals surface area contributed by atoms with Crippen LogP contribution in [0.3, 0.4) is 0 Å². The minimum Gasteiger partial charge on any atom is -0.353 e. The minimum atomic E-state index is 0.634. The number of rotatable bonds is 2. The van der Waals surface area contributed by atoms with E-state index < -0.39 is 0 Å². The van der Waals surface area contributed by atoms with E-state index in [1.807, 2.05) is 25.1 Å². The Hall–Kier alpha value is -2.41. The number of fused-ring (bicyclic) bond motifs is 1. The third-order valence-electron chi connectivity index (χ3n) is 4.00. The number of pyridine rings is 1. The lowest BCUT2D eigenvalue weighted by molar-refractivity contribution is 0.633. The van der Waals surface area contributed by atoms with Gasteiger partial charge in [0.1, 0.15) is 18.0 Å². The summed E-state index contributed by atoms with van der Waals surface area (Å²) >= 11 is 6.25. The molecule has 8 heteroatoms. The van der Waals surface area contributed by atoms with E-state index in [-0.39, 0.29) is 0 Å². The van der Waals surface area contributed by atoms with Crippen molar-refractivity contribution >= 4 is 29.0 Å². The Kier molecular flexibility index (Phi) is 3.49. The van der Waals surface area contributed by atoms with Gasteiger partial charge in [-0.1, -0.05) is 11.6 Å². The molecule has 4 heterocycles. The highest BCUT2D eigenvalue weighted by Crippen LogP contribution is 2.25. The number of piperazine rings is 1. The average molecular weight is 330 g/mol. The Bertz CT molecular complexity index is 839. The fourth-order valence-corrected chi connectivity index (χ4v) is 3.13. The van der Waals surface area contributed by atoms with Gasteiger partial charge in [0.25, 0.3) is 5.78 Å². The molecule has 0 radical (unpaired) electrons. The monoisotopic (exact) mass is 329 g/mol. The van der Waals surface area contributed by atoms with Crippen LogP contribution in [0.25, 0.3) is 5.78 Å². The van der Waals surface area contributed by atoms with Gasteiger partial charge in [0, 0.05) is 44.1 Å². The fourth-order valence-electron chi connectivity index (χ4n) is 2.89. The second kappa shape index (κ2) is 5.66. The molecule has 0 aromatic carbocycles. The van der Waals surface area contributed by atoms with Gasteiger partial charge in [0.05, 0.1) is 5.02 Å². The molecule has 0 amide bonds. The third kappa shape index (κ3) is 2.57. The molecule has 3 aromatic heterocycles. The van der Waals surface area contributed by atoms with Crippen LogP contribution in [0.4, 0.5) is 11.6 Å². The van der Waals surface area contributed by atoms with E-state index in [4.69, 9.17) is 11.6 Å². The normalized spacial score (nSPS) is 15.4. The maximum Gasteiger partial charge on any atom is 0.254 e. The van der Waals surface area contributed by atoms with Crippen LogP contribution in [0.5, 0.6) is 0 Å². The fraction of sp³-hybridized carbons (Fsp3) is 0.333. The molecule has 1 aliphatic heterocycles. The average Bonchev–Trinajstić information content (AvgIpc) is 3.03.